The molecule has 0 atom stereocenters. The van der Waals surface area contributed by atoms with E-state index < -0.39 is 11.7 Å². The molecule has 3 aromatic rings. The highest BCUT2D eigenvalue weighted by molar-refractivity contribution is 7.18. The van der Waals surface area contributed by atoms with Crippen molar-refractivity contribution >= 4 is 28.2 Å². The summed E-state index contributed by atoms with van der Waals surface area (Å²) >= 11 is 1.31. The lowest BCUT2D eigenvalue weighted by Gasteiger charge is -2.18. The molecular weight excluding hydrogens is 451 g/mol. The van der Waals surface area contributed by atoms with Crippen molar-refractivity contribution in [3.05, 3.63) is 82.0 Å². The maximum absolute atomic E-state index is 12.9. The van der Waals surface area contributed by atoms with Gasteiger partial charge < -0.3 is 4.90 Å². The van der Waals surface area contributed by atoms with Crippen LogP contribution in [0.4, 0.5) is 23.0 Å². The number of aromatic nitrogens is 1. The quantitative estimate of drug-likeness (QED) is 0.412. The summed E-state index contributed by atoms with van der Waals surface area (Å²) in [5, 5.41) is 0.706. The van der Waals surface area contributed by atoms with Crippen molar-refractivity contribution in [2.45, 2.75) is 32.5 Å². The maximum atomic E-state index is 12.9. The third-order valence-corrected chi connectivity index (χ3v) is 6.84. The van der Waals surface area contributed by atoms with Crippen LogP contribution in [0.5, 0.6) is 0 Å². The molecule has 2 amide bonds. The van der Waals surface area contributed by atoms with E-state index in [4.69, 9.17) is 0 Å². The third-order valence-electron chi connectivity index (χ3n) is 5.54. The van der Waals surface area contributed by atoms with Crippen LogP contribution >= 0.6 is 11.3 Å². The number of anilines is 1. The fourth-order valence-corrected chi connectivity index (χ4v) is 4.91. The second-order valence-electron chi connectivity index (χ2n) is 7.93. The monoisotopic (exact) mass is 473 g/mol. The van der Waals surface area contributed by atoms with Gasteiger partial charge in [-0.25, -0.2) is 4.79 Å². The van der Waals surface area contributed by atoms with Gasteiger partial charge in [-0.05, 0) is 54.3 Å². The number of alkyl halides is 3. The highest BCUT2D eigenvalue weighted by Gasteiger charge is 2.32. The van der Waals surface area contributed by atoms with Gasteiger partial charge in [-0.2, -0.15) is 13.2 Å². The molecule has 0 bridgehead atoms. The molecule has 172 valence electrons. The molecule has 9 heteroatoms. The van der Waals surface area contributed by atoms with Crippen LogP contribution in [0.15, 0.2) is 54.9 Å². The van der Waals surface area contributed by atoms with Crippen LogP contribution in [-0.2, 0) is 19.1 Å². The van der Waals surface area contributed by atoms with Crippen LogP contribution in [0.2, 0.25) is 0 Å². The summed E-state index contributed by atoms with van der Waals surface area (Å²) < 4.78 is 38.3. The zero-order chi connectivity index (χ0) is 23.6. The number of Topliss-reactive ketones (excluding diaryl/α,β-unsaturated/α-hetero) is 1. The van der Waals surface area contributed by atoms with Gasteiger partial charge >= 0.3 is 12.2 Å². The molecule has 1 aliphatic rings. The first-order chi connectivity index (χ1) is 15.7. The number of rotatable bonds is 7. The summed E-state index contributed by atoms with van der Waals surface area (Å²) in [4.78, 5) is 33.6. The first-order valence-corrected chi connectivity index (χ1v) is 11.3. The summed E-state index contributed by atoms with van der Waals surface area (Å²) in [6.45, 7) is 3.01. The number of carbonyl (C=O) groups is 2. The number of amides is 2. The third kappa shape index (κ3) is 5.24. The van der Waals surface area contributed by atoms with E-state index in [9.17, 15) is 22.8 Å². The van der Waals surface area contributed by atoms with Crippen LogP contribution in [0.3, 0.4) is 0 Å². The second-order valence-corrected chi connectivity index (χ2v) is 8.96. The number of nitrogens with zero attached hydrogens (tertiary/aromatic N) is 3. The lowest BCUT2D eigenvalue weighted by Crippen LogP contribution is -2.31. The fourth-order valence-electron chi connectivity index (χ4n) is 3.75. The lowest BCUT2D eigenvalue weighted by atomic mass is 10.1. The molecule has 1 aromatic carbocycles. The van der Waals surface area contributed by atoms with Gasteiger partial charge in [0.1, 0.15) is 0 Å². The smallest absolute Gasteiger partial charge is 0.318 e. The van der Waals surface area contributed by atoms with E-state index in [1.165, 1.54) is 23.5 Å². The normalized spacial score (nSPS) is 14.2. The molecule has 0 N–H and O–H groups in total. The van der Waals surface area contributed by atoms with Crippen molar-refractivity contribution in [2.24, 2.45) is 0 Å². The van der Waals surface area contributed by atoms with Crippen molar-refractivity contribution < 1.29 is 22.8 Å². The van der Waals surface area contributed by atoms with E-state index in [0.29, 0.717) is 41.4 Å². The Bertz CT molecular complexity index is 1140. The van der Waals surface area contributed by atoms with Gasteiger partial charge in [0, 0.05) is 38.4 Å². The number of benzene rings is 1. The molecule has 0 radical (unpaired) electrons. The van der Waals surface area contributed by atoms with Crippen LogP contribution in [0.25, 0.3) is 0 Å². The predicted octanol–water partition coefficient (Wildman–Crippen LogP) is 5.73. The average Bonchev–Trinajstić information content (AvgIpc) is 3.35. The number of halogens is 3. The second kappa shape index (κ2) is 9.35. The van der Waals surface area contributed by atoms with Crippen molar-refractivity contribution in [2.75, 3.05) is 18.0 Å². The van der Waals surface area contributed by atoms with Gasteiger partial charge in [-0.1, -0.05) is 18.2 Å². The number of pyridine rings is 1. The Morgan fingerprint density at radius 3 is 2.55 bits per heavy atom. The maximum Gasteiger partial charge on any atom is 0.416 e. The molecule has 1 fully saturated rings. The Morgan fingerprint density at radius 1 is 1.12 bits per heavy atom. The number of hydrogen-bond acceptors (Lipinski definition) is 4. The van der Waals surface area contributed by atoms with Crippen molar-refractivity contribution in [1.29, 1.82) is 0 Å². The number of hydrogen-bond donors (Lipinski definition) is 0. The molecule has 0 unspecified atom stereocenters. The van der Waals surface area contributed by atoms with E-state index in [1.54, 1.807) is 22.2 Å². The van der Waals surface area contributed by atoms with Gasteiger partial charge in [-0.3, -0.25) is 14.7 Å². The molecule has 0 saturated carbocycles. The Labute approximate surface area is 193 Å². The van der Waals surface area contributed by atoms with Gasteiger partial charge in [0.05, 0.1) is 15.4 Å². The SMILES string of the molecule is Cc1cc(N2CCN(Cc3ccc(C(F)(F)F)cc3)C2=O)sc1C(=O)CCc1cccnc1. The lowest BCUT2D eigenvalue weighted by molar-refractivity contribution is -0.137. The summed E-state index contributed by atoms with van der Waals surface area (Å²) in [5.41, 5.74) is 1.75. The summed E-state index contributed by atoms with van der Waals surface area (Å²) in [6.07, 6.45) is 0.00932. The molecule has 33 heavy (non-hydrogen) atoms. The minimum absolute atomic E-state index is 0.0286. The largest absolute Gasteiger partial charge is 0.416 e. The Kier molecular flexibility index (Phi) is 6.51. The fraction of sp³-hybridized carbons (Fsp3) is 0.292. The number of urea groups is 1. The number of aryl methyl sites for hydroxylation is 2. The van der Waals surface area contributed by atoms with Gasteiger partial charge in [-0.15, -0.1) is 11.3 Å². The van der Waals surface area contributed by atoms with E-state index in [0.717, 1.165) is 23.3 Å². The van der Waals surface area contributed by atoms with Gasteiger partial charge in [0.15, 0.2) is 5.78 Å². The Balaban J connectivity index is 1.40. The Morgan fingerprint density at radius 2 is 1.88 bits per heavy atom. The molecule has 1 aliphatic heterocycles. The highest BCUT2D eigenvalue weighted by Crippen LogP contribution is 2.34. The van der Waals surface area contributed by atoms with E-state index in [1.807, 2.05) is 25.1 Å². The van der Waals surface area contributed by atoms with Crippen LogP contribution in [0.1, 0.15) is 38.3 Å². The standard InChI is InChI=1S/C24H22F3N3O2S/c1-16-13-21(33-22(16)20(31)9-6-17-3-2-10-28-14-17)30-12-11-29(23(30)32)15-18-4-7-19(8-5-18)24(25,26)27/h2-5,7-8,10,13-14H,6,9,11-12,15H2,1H3. The number of ketones is 1. The molecule has 4 rings (SSSR count). The molecular formula is C24H22F3N3O2S. The summed E-state index contributed by atoms with van der Waals surface area (Å²) in [7, 11) is 0. The first kappa shape index (κ1) is 23.0. The van der Waals surface area contributed by atoms with Crippen molar-refractivity contribution in [3.63, 3.8) is 0 Å². The van der Waals surface area contributed by atoms with Crippen LogP contribution < -0.4 is 4.90 Å². The Hall–Kier alpha value is -3.20. The van der Waals surface area contributed by atoms with E-state index in [2.05, 4.69) is 4.98 Å². The minimum atomic E-state index is -4.39. The van der Waals surface area contributed by atoms with Gasteiger partial charge in [0.25, 0.3) is 0 Å². The molecule has 1 saturated heterocycles. The summed E-state index contributed by atoms with van der Waals surface area (Å²) in [5.74, 6) is 0.0286. The number of thiophene rings is 1. The van der Waals surface area contributed by atoms with Gasteiger partial charge in [0.2, 0.25) is 0 Å². The first-order valence-electron chi connectivity index (χ1n) is 10.5. The zero-order valence-corrected chi connectivity index (χ0v) is 18.7. The number of carbonyl (C=O) groups excluding carboxylic acids is 2. The molecule has 0 aliphatic carbocycles. The molecule has 3 heterocycles. The minimum Gasteiger partial charge on any atom is -0.318 e. The average molecular weight is 474 g/mol. The van der Waals surface area contributed by atoms with Crippen LogP contribution in [0, 0.1) is 6.92 Å². The topological polar surface area (TPSA) is 53.5 Å². The van der Waals surface area contributed by atoms with E-state index in [-0.39, 0.29) is 18.4 Å². The molecule has 2 aromatic heterocycles. The highest BCUT2D eigenvalue weighted by atomic mass is 32.1. The zero-order valence-electron chi connectivity index (χ0n) is 17.9. The van der Waals surface area contributed by atoms with Crippen LogP contribution in [-0.4, -0.2) is 34.8 Å². The molecule has 0 spiro atoms. The summed E-state index contributed by atoms with van der Waals surface area (Å²) in [6, 6.07) is 10.2. The molecule has 5 nitrogen and oxygen atoms in total. The van der Waals surface area contributed by atoms with Crippen molar-refractivity contribution in [3.8, 4) is 0 Å². The predicted molar refractivity (Wildman–Crippen MR) is 121 cm³/mol. The van der Waals surface area contributed by atoms with Crippen molar-refractivity contribution in [1.82, 2.24) is 9.88 Å². The van der Waals surface area contributed by atoms with E-state index >= 15 is 0 Å².